The van der Waals surface area contributed by atoms with Crippen molar-refractivity contribution >= 4 is 11.6 Å². The van der Waals surface area contributed by atoms with Crippen molar-refractivity contribution in [2.24, 2.45) is 5.73 Å². The molecular weight excluding hydrogens is 214 g/mol. The van der Waals surface area contributed by atoms with Crippen LogP contribution in [0.2, 0.25) is 5.02 Å². The Morgan fingerprint density at radius 3 is 2.73 bits per heavy atom. The zero-order valence-corrected chi connectivity index (χ0v) is 9.01. The minimum Gasteiger partial charge on any atom is -0.454 e. The first kappa shape index (κ1) is 9.31. The summed E-state index contributed by atoms with van der Waals surface area (Å²) in [5, 5.41) is 0.658. The zero-order valence-electron chi connectivity index (χ0n) is 8.25. The number of ether oxygens (including phenoxy) is 2. The van der Waals surface area contributed by atoms with E-state index in [1.807, 2.05) is 6.07 Å². The van der Waals surface area contributed by atoms with Gasteiger partial charge in [-0.1, -0.05) is 11.6 Å². The first-order chi connectivity index (χ1) is 7.19. The van der Waals surface area contributed by atoms with Crippen LogP contribution in [0.25, 0.3) is 0 Å². The van der Waals surface area contributed by atoms with Crippen molar-refractivity contribution in [1.29, 1.82) is 0 Å². The minimum absolute atomic E-state index is 0.261. The van der Waals surface area contributed by atoms with Gasteiger partial charge in [0.25, 0.3) is 0 Å². The van der Waals surface area contributed by atoms with Crippen molar-refractivity contribution in [1.82, 2.24) is 0 Å². The number of hydrogen-bond acceptors (Lipinski definition) is 3. The molecule has 1 heterocycles. The van der Waals surface area contributed by atoms with Crippen molar-refractivity contribution < 1.29 is 9.47 Å². The van der Waals surface area contributed by atoms with Gasteiger partial charge in [0.05, 0.1) is 0 Å². The van der Waals surface area contributed by atoms with E-state index in [0.29, 0.717) is 10.8 Å². The van der Waals surface area contributed by atoms with E-state index in [-0.39, 0.29) is 12.3 Å². The molecule has 3 nitrogen and oxygen atoms in total. The van der Waals surface area contributed by atoms with Crippen LogP contribution in [0.15, 0.2) is 12.1 Å². The molecule has 0 saturated heterocycles. The van der Waals surface area contributed by atoms with Crippen LogP contribution in [-0.2, 0) is 5.54 Å². The Labute approximate surface area is 93.1 Å². The highest BCUT2D eigenvalue weighted by Gasteiger charge is 2.39. The van der Waals surface area contributed by atoms with Gasteiger partial charge in [-0.3, -0.25) is 0 Å². The number of halogens is 1. The average molecular weight is 226 g/mol. The predicted octanol–water partition coefficient (Wildman–Crippen LogP) is 2.41. The summed E-state index contributed by atoms with van der Waals surface area (Å²) in [4.78, 5) is 0. The van der Waals surface area contributed by atoms with E-state index < -0.39 is 0 Å². The summed E-state index contributed by atoms with van der Waals surface area (Å²) in [5.74, 6) is 1.50. The lowest BCUT2D eigenvalue weighted by Gasteiger charge is -2.39. The van der Waals surface area contributed by atoms with Gasteiger partial charge in [0.1, 0.15) is 0 Å². The third kappa shape index (κ3) is 1.30. The molecule has 80 valence electrons. The maximum Gasteiger partial charge on any atom is 0.231 e. The summed E-state index contributed by atoms with van der Waals surface area (Å²) in [6.45, 7) is 0.263. The summed E-state index contributed by atoms with van der Waals surface area (Å²) in [6.07, 6.45) is 3.14. The monoisotopic (exact) mass is 225 g/mol. The number of rotatable bonds is 1. The van der Waals surface area contributed by atoms with Gasteiger partial charge in [-0.25, -0.2) is 0 Å². The van der Waals surface area contributed by atoms with Gasteiger partial charge in [-0.05, 0) is 25.3 Å². The fraction of sp³-hybridized carbons (Fsp3) is 0.455. The minimum atomic E-state index is -0.261. The summed E-state index contributed by atoms with van der Waals surface area (Å²) < 4.78 is 10.8. The second kappa shape index (κ2) is 3.03. The molecule has 1 aliphatic heterocycles. The molecule has 0 radical (unpaired) electrons. The normalized spacial score (nSPS) is 21.2. The van der Waals surface area contributed by atoms with Crippen LogP contribution in [0.4, 0.5) is 0 Å². The fourth-order valence-corrected chi connectivity index (χ4v) is 2.38. The molecule has 0 amide bonds. The summed E-state index contributed by atoms with van der Waals surface area (Å²) in [5.41, 5.74) is 7.00. The highest BCUT2D eigenvalue weighted by Crippen LogP contribution is 2.48. The van der Waals surface area contributed by atoms with Crippen LogP contribution < -0.4 is 15.2 Å². The molecule has 1 fully saturated rings. The Bertz CT molecular complexity index is 415. The zero-order chi connectivity index (χ0) is 10.5. The van der Waals surface area contributed by atoms with Crippen LogP contribution in [0, 0.1) is 0 Å². The molecule has 1 saturated carbocycles. The van der Waals surface area contributed by atoms with Gasteiger partial charge in [0, 0.05) is 22.2 Å². The molecule has 0 atom stereocenters. The molecule has 0 spiro atoms. The van der Waals surface area contributed by atoms with Crippen molar-refractivity contribution in [3.05, 3.63) is 22.7 Å². The summed E-state index contributed by atoms with van der Waals surface area (Å²) in [6, 6.07) is 3.67. The van der Waals surface area contributed by atoms with E-state index in [1.165, 1.54) is 6.42 Å². The molecule has 1 aromatic rings. The maximum absolute atomic E-state index is 6.27. The molecule has 0 aromatic heterocycles. The van der Waals surface area contributed by atoms with Crippen LogP contribution in [0.5, 0.6) is 11.5 Å². The number of benzene rings is 1. The highest BCUT2D eigenvalue weighted by molar-refractivity contribution is 6.30. The van der Waals surface area contributed by atoms with Crippen LogP contribution in [0.3, 0.4) is 0 Å². The Kier molecular flexibility index (Phi) is 1.88. The molecule has 0 unspecified atom stereocenters. The lowest BCUT2D eigenvalue weighted by Crippen LogP contribution is -2.43. The third-order valence-corrected chi connectivity index (χ3v) is 3.44. The van der Waals surface area contributed by atoms with Gasteiger partial charge in [-0.15, -0.1) is 0 Å². The number of hydrogen-bond donors (Lipinski definition) is 1. The van der Waals surface area contributed by atoms with Crippen LogP contribution >= 0.6 is 11.6 Å². The molecule has 15 heavy (non-hydrogen) atoms. The Morgan fingerprint density at radius 2 is 2.07 bits per heavy atom. The second-order valence-electron chi connectivity index (χ2n) is 4.20. The van der Waals surface area contributed by atoms with Gasteiger partial charge in [0.2, 0.25) is 6.79 Å². The molecule has 2 aliphatic rings. The smallest absolute Gasteiger partial charge is 0.231 e. The molecular formula is C11H12ClNO2. The quantitative estimate of drug-likeness (QED) is 0.798. The maximum atomic E-state index is 6.27. The summed E-state index contributed by atoms with van der Waals surface area (Å²) >= 11 is 6.02. The van der Waals surface area contributed by atoms with Crippen LogP contribution in [0.1, 0.15) is 24.8 Å². The van der Waals surface area contributed by atoms with E-state index in [0.717, 1.165) is 24.2 Å². The van der Waals surface area contributed by atoms with Crippen molar-refractivity contribution in [3.8, 4) is 11.5 Å². The van der Waals surface area contributed by atoms with E-state index in [4.69, 9.17) is 26.8 Å². The third-order valence-electron chi connectivity index (χ3n) is 3.22. The number of nitrogens with two attached hydrogens (primary N) is 1. The van der Waals surface area contributed by atoms with Crippen LogP contribution in [-0.4, -0.2) is 6.79 Å². The Balaban J connectivity index is 2.14. The van der Waals surface area contributed by atoms with Gasteiger partial charge in [-0.2, -0.15) is 0 Å². The predicted molar refractivity (Wildman–Crippen MR) is 57.3 cm³/mol. The first-order valence-corrected chi connectivity index (χ1v) is 5.45. The SMILES string of the molecule is NC1(c2cc(Cl)cc3c2OCO3)CCC1. The Morgan fingerprint density at radius 1 is 1.27 bits per heavy atom. The molecule has 3 rings (SSSR count). The fourth-order valence-electron chi connectivity index (χ4n) is 2.17. The van der Waals surface area contributed by atoms with E-state index in [2.05, 4.69) is 0 Å². The standard InChI is InChI=1S/C11H12ClNO2/c12-7-4-8(11(13)2-1-3-11)10-9(5-7)14-6-15-10/h4-5H,1-3,6,13H2. The number of fused-ring (bicyclic) bond motifs is 1. The molecule has 4 heteroatoms. The lowest BCUT2D eigenvalue weighted by atomic mass is 9.72. The van der Waals surface area contributed by atoms with Crippen molar-refractivity contribution in [2.75, 3.05) is 6.79 Å². The van der Waals surface area contributed by atoms with Crippen molar-refractivity contribution in [2.45, 2.75) is 24.8 Å². The van der Waals surface area contributed by atoms with E-state index in [1.54, 1.807) is 6.07 Å². The van der Waals surface area contributed by atoms with Crippen molar-refractivity contribution in [3.63, 3.8) is 0 Å². The van der Waals surface area contributed by atoms with Gasteiger partial charge < -0.3 is 15.2 Å². The van der Waals surface area contributed by atoms with E-state index >= 15 is 0 Å². The topological polar surface area (TPSA) is 44.5 Å². The lowest BCUT2D eigenvalue weighted by molar-refractivity contribution is 0.168. The first-order valence-electron chi connectivity index (χ1n) is 5.08. The average Bonchev–Trinajstić information content (AvgIpc) is 2.60. The molecule has 2 N–H and O–H groups in total. The molecule has 1 aliphatic carbocycles. The van der Waals surface area contributed by atoms with Gasteiger partial charge in [0.15, 0.2) is 11.5 Å². The molecule has 0 bridgehead atoms. The molecule has 1 aromatic carbocycles. The Hall–Kier alpha value is -0.930. The largest absolute Gasteiger partial charge is 0.454 e. The highest BCUT2D eigenvalue weighted by atomic mass is 35.5. The van der Waals surface area contributed by atoms with Gasteiger partial charge >= 0.3 is 0 Å². The van der Waals surface area contributed by atoms with E-state index in [9.17, 15) is 0 Å². The second-order valence-corrected chi connectivity index (χ2v) is 4.63. The summed E-state index contributed by atoms with van der Waals surface area (Å²) in [7, 11) is 0.